The SMILES string of the molecule is CCOc1ccc(NC(=O)NCCc2ccc(OC)cc2)c(C)c1. The molecule has 24 heavy (non-hydrogen) atoms. The molecule has 0 bridgehead atoms. The van der Waals surface area contributed by atoms with Gasteiger partial charge in [-0.3, -0.25) is 0 Å². The van der Waals surface area contributed by atoms with Gasteiger partial charge in [0.1, 0.15) is 11.5 Å². The fourth-order valence-corrected chi connectivity index (χ4v) is 2.31. The number of methoxy groups -OCH3 is 1. The molecule has 0 heterocycles. The fraction of sp³-hybridized carbons (Fsp3) is 0.316. The van der Waals surface area contributed by atoms with Crippen LogP contribution in [0.4, 0.5) is 10.5 Å². The summed E-state index contributed by atoms with van der Waals surface area (Å²) in [6, 6.07) is 13.2. The van der Waals surface area contributed by atoms with Crippen LogP contribution in [0.25, 0.3) is 0 Å². The number of carbonyl (C=O) groups excluding carboxylic acids is 1. The van der Waals surface area contributed by atoms with Crippen molar-refractivity contribution in [2.24, 2.45) is 0 Å². The van der Waals surface area contributed by atoms with Gasteiger partial charge in [-0.1, -0.05) is 12.1 Å². The van der Waals surface area contributed by atoms with Gasteiger partial charge in [0, 0.05) is 12.2 Å². The average molecular weight is 328 g/mol. The number of carbonyl (C=O) groups is 1. The van der Waals surface area contributed by atoms with Crippen molar-refractivity contribution in [1.82, 2.24) is 5.32 Å². The van der Waals surface area contributed by atoms with Gasteiger partial charge in [-0.2, -0.15) is 0 Å². The van der Waals surface area contributed by atoms with Crippen LogP contribution in [0.5, 0.6) is 11.5 Å². The van der Waals surface area contributed by atoms with Gasteiger partial charge >= 0.3 is 6.03 Å². The molecule has 2 rings (SSSR count). The van der Waals surface area contributed by atoms with Crippen molar-refractivity contribution in [3.63, 3.8) is 0 Å². The van der Waals surface area contributed by atoms with Gasteiger partial charge in [-0.15, -0.1) is 0 Å². The number of aryl methyl sites for hydroxylation is 1. The summed E-state index contributed by atoms with van der Waals surface area (Å²) in [7, 11) is 1.64. The molecule has 0 unspecified atom stereocenters. The van der Waals surface area contributed by atoms with E-state index in [1.54, 1.807) is 7.11 Å². The monoisotopic (exact) mass is 328 g/mol. The molecule has 0 aromatic heterocycles. The first-order chi connectivity index (χ1) is 11.6. The summed E-state index contributed by atoms with van der Waals surface area (Å²) in [5.41, 5.74) is 2.89. The summed E-state index contributed by atoms with van der Waals surface area (Å²) in [6.45, 7) is 5.07. The van der Waals surface area contributed by atoms with Gasteiger partial charge in [0.05, 0.1) is 13.7 Å². The Morgan fingerprint density at radius 2 is 1.79 bits per heavy atom. The van der Waals surface area contributed by atoms with E-state index < -0.39 is 0 Å². The van der Waals surface area contributed by atoms with Crippen molar-refractivity contribution in [2.75, 3.05) is 25.6 Å². The predicted octanol–water partition coefficient (Wildman–Crippen LogP) is 3.77. The number of benzene rings is 2. The smallest absolute Gasteiger partial charge is 0.319 e. The van der Waals surface area contributed by atoms with Crippen LogP contribution in [0, 0.1) is 6.92 Å². The van der Waals surface area contributed by atoms with E-state index >= 15 is 0 Å². The largest absolute Gasteiger partial charge is 0.497 e. The summed E-state index contributed by atoms with van der Waals surface area (Å²) in [5.74, 6) is 1.64. The molecule has 2 amide bonds. The van der Waals surface area contributed by atoms with Crippen LogP contribution < -0.4 is 20.1 Å². The molecule has 5 heteroatoms. The summed E-state index contributed by atoms with van der Waals surface area (Å²) >= 11 is 0. The number of amides is 2. The Kier molecular flexibility index (Phi) is 6.49. The lowest BCUT2D eigenvalue weighted by Crippen LogP contribution is -2.30. The highest BCUT2D eigenvalue weighted by molar-refractivity contribution is 5.90. The minimum absolute atomic E-state index is 0.212. The topological polar surface area (TPSA) is 59.6 Å². The summed E-state index contributed by atoms with van der Waals surface area (Å²) < 4.78 is 10.6. The second-order valence-corrected chi connectivity index (χ2v) is 5.39. The third-order valence-corrected chi connectivity index (χ3v) is 3.62. The number of hydrogen-bond donors (Lipinski definition) is 2. The maximum atomic E-state index is 12.0. The zero-order valence-corrected chi connectivity index (χ0v) is 14.4. The van der Waals surface area contributed by atoms with Gasteiger partial charge in [0.25, 0.3) is 0 Å². The number of ether oxygens (including phenoxy) is 2. The molecule has 0 aliphatic rings. The first-order valence-corrected chi connectivity index (χ1v) is 8.03. The van der Waals surface area contributed by atoms with Crippen molar-refractivity contribution in [1.29, 1.82) is 0 Å². The van der Waals surface area contributed by atoms with Crippen molar-refractivity contribution in [2.45, 2.75) is 20.3 Å². The molecule has 0 saturated carbocycles. The highest BCUT2D eigenvalue weighted by Crippen LogP contribution is 2.21. The molecule has 5 nitrogen and oxygen atoms in total. The highest BCUT2D eigenvalue weighted by Gasteiger charge is 2.05. The zero-order chi connectivity index (χ0) is 17.4. The van der Waals surface area contributed by atoms with Crippen molar-refractivity contribution in [3.05, 3.63) is 53.6 Å². The molecule has 0 aliphatic heterocycles. The predicted molar refractivity (Wildman–Crippen MR) is 96.1 cm³/mol. The molecule has 2 N–H and O–H groups in total. The lowest BCUT2D eigenvalue weighted by atomic mass is 10.1. The van der Waals surface area contributed by atoms with Gasteiger partial charge in [-0.05, 0) is 61.7 Å². The van der Waals surface area contributed by atoms with Crippen LogP contribution in [0.1, 0.15) is 18.1 Å². The van der Waals surface area contributed by atoms with Crippen LogP contribution >= 0.6 is 0 Å². The van der Waals surface area contributed by atoms with Crippen LogP contribution in [-0.2, 0) is 6.42 Å². The first kappa shape index (κ1) is 17.7. The minimum atomic E-state index is -0.212. The number of anilines is 1. The van der Waals surface area contributed by atoms with E-state index in [-0.39, 0.29) is 6.03 Å². The Morgan fingerprint density at radius 1 is 1.08 bits per heavy atom. The quantitative estimate of drug-likeness (QED) is 0.813. The van der Waals surface area contributed by atoms with E-state index in [0.717, 1.165) is 34.7 Å². The molecule has 0 atom stereocenters. The van der Waals surface area contributed by atoms with Crippen LogP contribution in [0.3, 0.4) is 0 Å². The van der Waals surface area contributed by atoms with E-state index in [1.807, 2.05) is 56.3 Å². The second kappa shape index (κ2) is 8.82. The Bertz CT molecular complexity index is 669. The third-order valence-electron chi connectivity index (χ3n) is 3.62. The molecular formula is C19H24N2O3. The standard InChI is InChI=1S/C19H24N2O3/c1-4-24-17-9-10-18(14(2)13-17)21-19(22)20-12-11-15-5-7-16(23-3)8-6-15/h5-10,13H,4,11-12H2,1-3H3,(H2,20,21,22). The summed E-state index contributed by atoms with van der Waals surface area (Å²) in [6.07, 6.45) is 0.764. The van der Waals surface area contributed by atoms with Crippen LogP contribution in [0.2, 0.25) is 0 Å². The van der Waals surface area contributed by atoms with Crippen molar-refractivity contribution >= 4 is 11.7 Å². The van der Waals surface area contributed by atoms with Gasteiger partial charge in [0.2, 0.25) is 0 Å². The number of hydrogen-bond acceptors (Lipinski definition) is 3. The van der Waals surface area contributed by atoms with E-state index in [0.29, 0.717) is 13.2 Å². The van der Waals surface area contributed by atoms with E-state index in [2.05, 4.69) is 10.6 Å². The van der Waals surface area contributed by atoms with E-state index in [4.69, 9.17) is 9.47 Å². The number of urea groups is 1. The van der Waals surface area contributed by atoms with E-state index in [9.17, 15) is 4.79 Å². The molecule has 0 fully saturated rings. The Labute approximate surface area is 143 Å². The summed E-state index contributed by atoms with van der Waals surface area (Å²) in [4.78, 5) is 12.0. The molecule has 2 aromatic carbocycles. The second-order valence-electron chi connectivity index (χ2n) is 5.39. The number of nitrogens with one attached hydrogen (secondary N) is 2. The molecule has 0 aliphatic carbocycles. The lowest BCUT2D eigenvalue weighted by molar-refractivity contribution is 0.252. The maximum Gasteiger partial charge on any atom is 0.319 e. The first-order valence-electron chi connectivity index (χ1n) is 8.03. The molecule has 2 aromatic rings. The Morgan fingerprint density at radius 3 is 2.42 bits per heavy atom. The Balaban J connectivity index is 1.80. The average Bonchev–Trinajstić information content (AvgIpc) is 2.58. The van der Waals surface area contributed by atoms with Crippen LogP contribution in [0.15, 0.2) is 42.5 Å². The van der Waals surface area contributed by atoms with Gasteiger partial charge < -0.3 is 20.1 Å². The van der Waals surface area contributed by atoms with Gasteiger partial charge in [-0.25, -0.2) is 4.79 Å². The number of rotatable bonds is 7. The highest BCUT2D eigenvalue weighted by atomic mass is 16.5. The molecular weight excluding hydrogens is 304 g/mol. The lowest BCUT2D eigenvalue weighted by Gasteiger charge is -2.11. The molecule has 128 valence electrons. The van der Waals surface area contributed by atoms with Crippen LogP contribution in [-0.4, -0.2) is 26.3 Å². The van der Waals surface area contributed by atoms with E-state index in [1.165, 1.54) is 0 Å². The van der Waals surface area contributed by atoms with Crippen molar-refractivity contribution in [3.8, 4) is 11.5 Å². The molecule has 0 radical (unpaired) electrons. The van der Waals surface area contributed by atoms with Gasteiger partial charge in [0.15, 0.2) is 0 Å². The maximum absolute atomic E-state index is 12.0. The Hall–Kier alpha value is -2.69. The normalized spacial score (nSPS) is 10.1. The fourth-order valence-electron chi connectivity index (χ4n) is 2.31. The summed E-state index contributed by atoms with van der Waals surface area (Å²) in [5, 5.41) is 5.72. The third kappa shape index (κ3) is 5.19. The molecule has 0 saturated heterocycles. The molecule has 0 spiro atoms. The minimum Gasteiger partial charge on any atom is -0.497 e. The van der Waals surface area contributed by atoms with Crippen molar-refractivity contribution < 1.29 is 14.3 Å². The zero-order valence-electron chi connectivity index (χ0n) is 14.4.